The highest BCUT2D eigenvalue weighted by molar-refractivity contribution is 6.31. The molecule has 0 radical (unpaired) electrons. The summed E-state index contributed by atoms with van der Waals surface area (Å²) in [4.78, 5) is 12.2. The van der Waals surface area contributed by atoms with Crippen LogP contribution in [0, 0.1) is 0 Å². The lowest BCUT2D eigenvalue weighted by atomic mass is 10.1. The molecule has 1 aromatic rings. The molecule has 0 bridgehead atoms. The third-order valence-corrected chi connectivity index (χ3v) is 3.68. The van der Waals surface area contributed by atoms with Crippen LogP contribution in [0.1, 0.15) is 36.0 Å². The van der Waals surface area contributed by atoms with Gasteiger partial charge in [-0.15, -0.1) is 0 Å². The van der Waals surface area contributed by atoms with Gasteiger partial charge in [-0.3, -0.25) is 4.79 Å². The molecule has 110 valence electrons. The summed E-state index contributed by atoms with van der Waals surface area (Å²) in [6, 6.07) is 5.21. The highest BCUT2D eigenvalue weighted by atomic mass is 35.5. The number of likely N-dealkylation sites (N-methyl/N-ethyl adjacent to an activating group) is 1. The maximum atomic E-state index is 12.2. The fourth-order valence-corrected chi connectivity index (χ4v) is 2.54. The number of amides is 1. The Bertz CT molecular complexity index is 459. The number of nitrogens with one attached hydrogen (secondary N) is 2. The largest absolute Gasteiger partial charge is 0.490 e. The van der Waals surface area contributed by atoms with E-state index >= 15 is 0 Å². The van der Waals surface area contributed by atoms with Crippen molar-refractivity contribution in [3.8, 4) is 5.75 Å². The van der Waals surface area contributed by atoms with Crippen LogP contribution in [0.3, 0.4) is 0 Å². The number of hydrogen-bond acceptors (Lipinski definition) is 3. The zero-order valence-corrected chi connectivity index (χ0v) is 12.5. The van der Waals surface area contributed by atoms with Crippen molar-refractivity contribution in [3.05, 3.63) is 28.8 Å². The van der Waals surface area contributed by atoms with Crippen molar-refractivity contribution in [2.75, 3.05) is 20.1 Å². The minimum atomic E-state index is -0.143. The molecule has 0 saturated heterocycles. The number of carbonyl (C=O) groups is 1. The van der Waals surface area contributed by atoms with Crippen molar-refractivity contribution in [3.63, 3.8) is 0 Å². The van der Waals surface area contributed by atoms with E-state index in [-0.39, 0.29) is 12.0 Å². The van der Waals surface area contributed by atoms with E-state index < -0.39 is 0 Å². The molecule has 2 rings (SSSR count). The smallest absolute Gasteiger partial charge is 0.255 e. The quantitative estimate of drug-likeness (QED) is 0.794. The summed E-state index contributed by atoms with van der Waals surface area (Å²) in [5, 5.41) is 6.38. The summed E-state index contributed by atoms with van der Waals surface area (Å²) in [5.41, 5.74) is 0.514. The van der Waals surface area contributed by atoms with Crippen LogP contribution in [0.25, 0.3) is 0 Å². The molecular weight excluding hydrogens is 276 g/mol. The van der Waals surface area contributed by atoms with E-state index in [1.165, 1.54) is 12.8 Å². The predicted molar refractivity (Wildman–Crippen MR) is 80.6 cm³/mol. The Hall–Kier alpha value is -1.26. The molecule has 1 aliphatic rings. The lowest BCUT2D eigenvalue weighted by Gasteiger charge is -2.16. The zero-order valence-electron chi connectivity index (χ0n) is 11.7. The normalized spacial score (nSPS) is 15.3. The number of carbonyl (C=O) groups excluding carboxylic acids is 1. The molecule has 1 aromatic carbocycles. The molecule has 1 fully saturated rings. The molecule has 0 spiro atoms. The third kappa shape index (κ3) is 4.12. The van der Waals surface area contributed by atoms with E-state index in [1.54, 1.807) is 18.2 Å². The average Bonchev–Trinajstić information content (AvgIpc) is 2.94. The zero-order chi connectivity index (χ0) is 14.4. The minimum Gasteiger partial charge on any atom is -0.490 e. The Morgan fingerprint density at radius 3 is 2.80 bits per heavy atom. The van der Waals surface area contributed by atoms with Crippen molar-refractivity contribution in [2.45, 2.75) is 31.8 Å². The Balaban J connectivity index is 2.08. The predicted octanol–water partition coefficient (Wildman–Crippen LogP) is 2.61. The van der Waals surface area contributed by atoms with Gasteiger partial charge < -0.3 is 15.4 Å². The molecule has 0 heterocycles. The number of hydrogen-bond donors (Lipinski definition) is 2. The highest BCUT2D eigenvalue weighted by Crippen LogP contribution is 2.28. The first-order valence-electron chi connectivity index (χ1n) is 7.09. The summed E-state index contributed by atoms with van der Waals surface area (Å²) in [7, 11) is 1.85. The Labute approximate surface area is 124 Å². The fraction of sp³-hybridized carbons (Fsp3) is 0.533. The van der Waals surface area contributed by atoms with Crippen LogP contribution in [-0.2, 0) is 0 Å². The van der Waals surface area contributed by atoms with Gasteiger partial charge in [0.15, 0.2) is 0 Å². The first kappa shape index (κ1) is 15.1. The monoisotopic (exact) mass is 296 g/mol. The van der Waals surface area contributed by atoms with Crippen LogP contribution in [0.2, 0.25) is 5.02 Å². The molecule has 0 unspecified atom stereocenters. The third-order valence-electron chi connectivity index (χ3n) is 3.44. The van der Waals surface area contributed by atoms with Gasteiger partial charge in [0.2, 0.25) is 0 Å². The van der Waals surface area contributed by atoms with Gasteiger partial charge >= 0.3 is 0 Å². The Morgan fingerprint density at radius 1 is 1.35 bits per heavy atom. The molecule has 1 saturated carbocycles. The summed E-state index contributed by atoms with van der Waals surface area (Å²) in [6.07, 6.45) is 4.73. The van der Waals surface area contributed by atoms with Gasteiger partial charge in [-0.05, 0) is 50.9 Å². The molecule has 1 amide bonds. The summed E-state index contributed by atoms with van der Waals surface area (Å²) < 4.78 is 5.95. The maximum Gasteiger partial charge on any atom is 0.255 e. The molecule has 20 heavy (non-hydrogen) atoms. The fourth-order valence-electron chi connectivity index (χ4n) is 2.36. The van der Waals surface area contributed by atoms with E-state index in [4.69, 9.17) is 16.3 Å². The molecule has 2 N–H and O–H groups in total. The van der Waals surface area contributed by atoms with Crippen LogP contribution in [0.5, 0.6) is 5.75 Å². The first-order chi connectivity index (χ1) is 9.70. The molecule has 5 heteroatoms. The second-order valence-corrected chi connectivity index (χ2v) is 5.46. The second kappa shape index (κ2) is 7.50. The minimum absolute atomic E-state index is 0.143. The highest BCUT2D eigenvalue weighted by Gasteiger charge is 2.20. The van der Waals surface area contributed by atoms with E-state index in [1.807, 2.05) is 7.05 Å². The standard InChI is InChI=1S/C15H21ClN2O2/c1-17-8-9-18-15(19)13-10-11(16)6-7-14(13)20-12-4-2-3-5-12/h6-7,10,12,17H,2-5,8-9H2,1H3,(H,18,19). The number of ether oxygens (including phenoxy) is 1. The van der Waals surface area contributed by atoms with Crippen molar-refractivity contribution < 1.29 is 9.53 Å². The van der Waals surface area contributed by atoms with Crippen molar-refractivity contribution in [2.24, 2.45) is 0 Å². The van der Waals surface area contributed by atoms with Crippen LogP contribution in [-0.4, -0.2) is 32.1 Å². The topological polar surface area (TPSA) is 50.4 Å². The number of halogens is 1. The van der Waals surface area contributed by atoms with Crippen LogP contribution in [0.4, 0.5) is 0 Å². The lowest BCUT2D eigenvalue weighted by molar-refractivity contribution is 0.0947. The van der Waals surface area contributed by atoms with E-state index in [9.17, 15) is 4.79 Å². The lowest BCUT2D eigenvalue weighted by Crippen LogP contribution is -2.31. The molecule has 0 aliphatic heterocycles. The first-order valence-corrected chi connectivity index (χ1v) is 7.47. The van der Waals surface area contributed by atoms with Crippen LogP contribution in [0.15, 0.2) is 18.2 Å². The van der Waals surface area contributed by atoms with Gasteiger partial charge in [0, 0.05) is 18.1 Å². The Morgan fingerprint density at radius 2 is 2.10 bits per heavy atom. The van der Waals surface area contributed by atoms with Crippen molar-refractivity contribution in [1.82, 2.24) is 10.6 Å². The van der Waals surface area contributed by atoms with Crippen LogP contribution >= 0.6 is 11.6 Å². The van der Waals surface area contributed by atoms with Gasteiger partial charge in [-0.1, -0.05) is 11.6 Å². The van der Waals surface area contributed by atoms with E-state index in [0.29, 0.717) is 22.9 Å². The SMILES string of the molecule is CNCCNC(=O)c1cc(Cl)ccc1OC1CCCC1. The van der Waals surface area contributed by atoms with Gasteiger partial charge in [0.05, 0.1) is 11.7 Å². The molecule has 1 aliphatic carbocycles. The maximum absolute atomic E-state index is 12.2. The summed E-state index contributed by atoms with van der Waals surface area (Å²) >= 11 is 5.99. The summed E-state index contributed by atoms with van der Waals surface area (Å²) in [6.45, 7) is 1.30. The van der Waals surface area contributed by atoms with Crippen molar-refractivity contribution in [1.29, 1.82) is 0 Å². The number of benzene rings is 1. The van der Waals surface area contributed by atoms with Gasteiger partial charge in [0.1, 0.15) is 5.75 Å². The number of rotatable bonds is 6. The van der Waals surface area contributed by atoms with E-state index in [0.717, 1.165) is 19.4 Å². The second-order valence-electron chi connectivity index (χ2n) is 5.02. The van der Waals surface area contributed by atoms with Gasteiger partial charge in [-0.25, -0.2) is 0 Å². The summed E-state index contributed by atoms with van der Waals surface area (Å²) in [5.74, 6) is 0.485. The molecule has 0 aromatic heterocycles. The van der Waals surface area contributed by atoms with Gasteiger partial charge in [-0.2, -0.15) is 0 Å². The average molecular weight is 297 g/mol. The Kier molecular flexibility index (Phi) is 5.68. The van der Waals surface area contributed by atoms with Gasteiger partial charge in [0.25, 0.3) is 5.91 Å². The molecular formula is C15H21ClN2O2. The van der Waals surface area contributed by atoms with Crippen molar-refractivity contribution >= 4 is 17.5 Å². The molecule has 4 nitrogen and oxygen atoms in total. The van der Waals surface area contributed by atoms with Crippen LogP contribution < -0.4 is 15.4 Å². The van der Waals surface area contributed by atoms with E-state index in [2.05, 4.69) is 10.6 Å². The molecule has 0 atom stereocenters.